The van der Waals surface area contributed by atoms with Crippen LogP contribution in [0.1, 0.15) is 32.0 Å². The highest BCUT2D eigenvalue weighted by molar-refractivity contribution is 5.79. The summed E-state index contributed by atoms with van der Waals surface area (Å²) in [6.07, 6.45) is 1.90. The van der Waals surface area contributed by atoms with Crippen molar-refractivity contribution in [3.05, 3.63) is 72.1 Å². The summed E-state index contributed by atoms with van der Waals surface area (Å²) in [5, 5.41) is 8.21. The van der Waals surface area contributed by atoms with Crippen LogP contribution in [0.25, 0.3) is 16.8 Å². The molecule has 30 heavy (non-hydrogen) atoms. The van der Waals surface area contributed by atoms with Crippen molar-refractivity contribution in [2.75, 3.05) is 24.3 Å². The van der Waals surface area contributed by atoms with Gasteiger partial charge in [-0.1, -0.05) is 50.6 Å². The van der Waals surface area contributed by atoms with Gasteiger partial charge in [0.15, 0.2) is 5.65 Å². The Morgan fingerprint density at radius 2 is 1.60 bits per heavy atom. The summed E-state index contributed by atoms with van der Waals surface area (Å²) < 4.78 is 1.89. The van der Waals surface area contributed by atoms with Crippen LogP contribution in [0.2, 0.25) is 0 Å². The number of rotatable bonds is 4. The van der Waals surface area contributed by atoms with Crippen molar-refractivity contribution in [3.63, 3.8) is 0 Å². The summed E-state index contributed by atoms with van der Waals surface area (Å²) in [6, 6.07) is 19.0. The van der Waals surface area contributed by atoms with Gasteiger partial charge in [-0.2, -0.15) is 9.61 Å². The minimum Gasteiger partial charge on any atom is -0.378 e. The van der Waals surface area contributed by atoms with Gasteiger partial charge in [0.25, 0.3) is 0 Å². The second kappa shape index (κ2) is 7.48. The minimum absolute atomic E-state index is 0.0816. The lowest BCUT2D eigenvalue weighted by atomic mass is 9.92. The third kappa shape index (κ3) is 3.88. The van der Waals surface area contributed by atoms with Gasteiger partial charge < -0.3 is 10.2 Å². The van der Waals surface area contributed by atoms with Gasteiger partial charge in [-0.05, 0) is 36.8 Å². The Bertz CT molecular complexity index is 1160. The van der Waals surface area contributed by atoms with E-state index in [9.17, 15) is 0 Å². The molecule has 0 saturated heterocycles. The van der Waals surface area contributed by atoms with Gasteiger partial charge in [-0.25, -0.2) is 4.98 Å². The van der Waals surface area contributed by atoms with Crippen molar-refractivity contribution in [2.45, 2.75) is 33.1 Å². The Morgan fingerprint density at radius 1 is 0.933 bits per heavy atom. The molecule has 0 spiro atoms. The van der Waals surface area contributed by atoms with Crippen LogP contribution in [0.15, 0.2) is 60.8 Å². The predicted molar refractivity (Wildman–Crippen MR) is 126 cm³/mol. The van der Waals surface area contributed by atoms with Crippen LogP contribution < -0.4 is 10.2 Å². The van der Waals surface area contributed by atoms with Crippen LogP contribution in [-0.4, -0.2) is 28.7 Å². The van der Waals surface area contributed by atoms with Crippen molar-refractivity contribution in [1.82, 2.24) is 14.6 Å². The van der Waals surface area contributed by atoms with E-state index in [-0.39, 0.29) is 5.41 Å². The summed E-state index contributed by atoms with van der Waals surface area (Å²) in [6.45, 7) is 8.65. The Labute approximate surface area is 178 Å². The molecule has 0 amide bonds. The molecule has 1 N–H and O–H groups in total. The van der Waals surface area contributed by atoms with Crippen molar-refractivity contribution in [3.8, 4) is 11.1 Å². The number of aryl methyl sites for hydroxylation is 1. The first-order valence-electron chi connectivity index (χ1n) is 10.2. The van der Waals surface area contributed by atoms with Gasteiger partial charge in [0, 0.05) is 42.5 Å². The van der Waals surface area contributed by atoms with E-state index in [1.807, 2.05) is 24.8 Å². The summed E-state index contributed by atoms with van der Waals surface area (Å²) in [5.74, 6) is 0.904. The van der Waals surface area contributed by atoms with Crippen LogP contribution in [0.5, 0.6) is 0 Å². The maximum absolute atomic E-state index is 5.00. The van der Waals surface area contributed by atoms with E-state index in [4.69, 9.17) is 4.98 Å². The topological polar surface area (TPSA) is 45.5 Å². The molecule has 2 heterocycles. The lowest BCUT2D eigenvalue weighted by Crippen LogP contribution is -2.16. The lowest BCUT2D eigenvalue weighted by molar-refractivity contribution is 0.569. The first-order chi connectivity index (χ1) is 14.2. The number of fused-ring (bicyclic) bond motifs is 1. The van der Waals surface area contributed by atoms with Gasteiger partial charge in [-0.3, -0.25) is 0 Å². The van der Waals surface area contributed by atoms with E-state index < -0.39 is 0 Å². The molecule has 0 aliphatic carbocycles. The zero-order valence-electron chi connectivity index (χ0n) is 18.6. The van der Waals surface area contributed by atoms with E-state index in [2.05, 4.69) is 97.6 Å². The molecule has 0 fully saturated rings. The fraction of sp³-hybridized carbons (Fsp3) is 0.280. The molecule has 5 heteroatoms. The number of anilines is 3. The average molecular weight is 400 g/mol. The quantitative estimate of drug-likeness (QED) is 0.470. The highest BCUT2D eigenvalue weighted by Crippen LogP contribution is 2.31. The van der Waals surface area contributed by atoms with Crippen LogP contribution in [-0.2, 0) is 5.41 Å². The Kier molecular flexibility index (Phi) is 4.98. The molecule has 154 valence electrons. The smallest absolute Gasteiger partial charge is 0.165 e. The number of hydrogen-bond acceptors (Lipinski definition) is 4. The highest BCUT2D eigenvalue weighted by atomic mass is 15.3. The average Bonchev–Trinajstić information content (AvgIpc) is 3.13. The van der Waals surface area contributed by atoms with Gasteiger partial charge in [0.1, 0.15) is 5.82 Å². The lowest BCUT2D eigenvalue weighted by Gasteiger charge is -2.20. The summed E-state index contributed by atoms with van der Waals surface area (Å²) in [7, 11) is 4.08. The minimum atomic E-state index is -0.0816. The number of nitrogens with zero attached hydrogens (tertiary/aromatic N) is 4. The zero-order chi connectivity index (χ0) is 21.5. The molecule has 0 bridgehead atoms. The van der Waals surface area contributed by atoms with Crippen molar-refractivity contribution < 1.29 is 0 Å². The molecule has 0 saturated carbocycles. The maximum Gasteiger partial charge on any atom is 0.165 e. The molecule has 0 atom stereocenters. The van der Waals surface area contributed by atoms with Gasteiger partial charge >= 0.3 is 0 Å². The summed E-state index contributed by atoms with van der Waals surface area (Å²) in [4.78, 5) is 7.09. The monoisotopic (exact) mass is 399 g/mol. The van der Waals surface area contributed by atoms with Crippen molar-refractivity contribution in [1.29, 1.82) is 0 Å². The molecular weight excluding hydrogens is 370 g/mol. The zero-order valence-corrected chi connectivity index (χ0v) is 18.6. The first-order valence-corrected chi connectivity index (χ1v) is 10.2. The molecule has 0 radical (unpaired) electrons. The molecular formula is C25H29N5. The molecule has 4 aromatic rings. The first kappa shape index (κ1) is 20.0. The van der Waals surface area contributed by atoms with Gasteiger partial charge in [0.05, 0.1) is 11.9 Å². The van der Waals surface area contributed by atoms with Crippen molar-refractivity contribution >= 4 is 22.8 Å². The number of benzene rings is 2. The van der Waals surface area contributed by atoms with E-state index in [0.29, 0.717) is 0 Å². The van der Waals surface area contributed by atoms with E-state index in [0.717, 1.165) is 39.7 Å². The number of hydrogen-bond donors (Lipinski definition) is 1. The SMILES string of the molecule is Cc1ccc(-c2cnn3c(Nc4ccc(N(C)C)cc4)cc(C(C)(C)C)nc23)cc1. The Morgan fingerprint density at radius 3 is 2.20 bits per heavy atom. The Balaban J connectivity index is 1.83. The van der Waals surface area contributed by atoms with Gasteiger partial charge in [-0.15, -0.1) is 0 Å². The number of aromatic nitrogens is 3. The second-order valence-electron chi connectivity index (χ2n) is 9.00. The van der Waals surface area contributed by atoms with Crippen LogP contribution in [0, 0.1) is 6.92 Å². The fourth-order valence-electron chi connectivity index (χ4n) is 3.36. The summed E-state index contributed by atoms with van der Waals surface area (Å²) >= 11 is 0. The highest BCUT2D eigenvalue weighted by Gasteiger charge is 2.20. The van der Waals surface area contributed by atoms with Crippen LogP contribution in [0.4, 0.5) is 17.2 Å². The fourth-order valence-corrected chi connectivity index (χ4v) is 3.36. The molecule has 5 nitrogen and oxygen atoms in total. The van der Waals surface area contributed by atoms with Crippen LogP contribution >= 0.6 is 0 Å². The summed E-state index contributed by atoms with van der Waals surface area (Å²) in [5.41, 5.74) is 7.37. The van der Waals surface area contributed by atoms with Crippen molar-refractivity contribution in [2.24, 2.45) is 0 Å². The predicted octanol–water partition coefficient (Wildman–Crippen LogP) is 5.81. The molecule has 0 aliphatic rings. The third-order valence-corrected chi connectivity index (χ3v) is 5.26. The van der Waals surface area contributed by atoms with E-state index >= 15 is 0 Å². The van der Waals surface area contributed by atoms with Gasteiger partial charge in [0.2, 0.25) is 0 Å². The molecule has 2 aromatic heterocycles. The van der Waals surface area contributed by atoms with Crippen LogP contribution in [0.3, 0.4) is 0 Å². The largest absolute Gasteiger partial charge is 0.378 e. The Hall–Kier alpha value is -3.34. The molecule has 4 rings (SSSR count). The molecule has 0 aliphatic heterocycles. The molecule has 2 aromatic carbocycles. The number of nitrogens with one attached hydrogen (secondary N) is 1. The maximum atomic E-state index is 5.00. The normalized spacial score (nSPS) is 11.7. The third-order valence-electron chi connectivity index (χ3n) is 5.26. The van der Waals surface area contributed by atoms with E-state index in [1.54, 1.807) is 0 Å². The second-order valence-corrected chi connectivity index (χ2v) is 9.00. The van der Waals surface area contributed by atoms with E-state index in [1.165, 1.54) is 5.56 Å². The molecule has 0 unspecified atom stereocenters. The standard InChI is InChI=1S/C25H29N5/c1-17-7-9-18(10-8-17)21-16-26-30-23(15-22(25(2,3)4)28-24(21)30)27-19-11-13-20(14-12-19)29(5)6/h7-16,27H,1-6H3.